The van der Waals surface area contributed by atoms with Crippen LogP contribution in [0.5, 0.6) is 0 Å². The first kappa shape index (κ1) is 29.2. The van der Waals surface area contributed by atoms with E-state index >= 15 is 0 Å². The third-order valence-corrected chi connectivity index (χ3v) is 5.73. The Hall–Kier alpha value is -1.80. The Labute approximate surface area is 196 Å². The summed E-state index contributed by atoms with van der Waals surface area (Å²) >= 11 is 0. The van der Waals surface area contributed by atoms with E-state index in [0.29, 0.717) is 19.3 Å². The van der Waals surface area contributed by atoms with Gasteiger partial charge in [0.1, 0.15) is 0 Å². The monoisotopic (exact) mass is 472 g/mol. The van der Waals surface area contributed by atoms with Crippen molar-refractivity contribution < 1.29 is 28.6 Å². The molecule has 0 aromatic carbocycles. The second-order valence-corrected chi connectivity index (χ2v) is 8.77. The first-order valence-electron chi connectivity index (χ1n) is 12.5. The SMILES string of the molecule is O=C(N[C@H]1C[C@H]1NC(=O)C(F)=CCCCCCCCCO)C(F)=CCCCCCCCCO. The molecule has 0 radical (unpaired) electrons. The average molecular weight is 473 g/mol. The summed E-state index contributed by atoms with van der Waals surface area (Å²) in [6, 6.07) is -0.752. The molecular formula is C25H42F2N2O4. The summed E-state index contributed by atoms with van der Waals surface area (Å²) in [6.07, 6.45) is 15.3. The Morgan fingerprint density at radius 2 is 0.970 bits per heavy atom. The summed E-state index contributed by atoms with van der Waals surface area (Å²) in [6.45, 7) is 0.433. The van der Waals surface area contributed by atoms with E-state index in [0.717, 1.165) is 77.0 Å². The van der Waals surface area contributed by atoms with E-state index in [1.54, 1.807) is 0 Å². The number of hydrogen-bond donors (Lipinski definition) is 4. The first-order valence-corrected chi connectivity index (χ1v) is 12.5. The van der Waals surface area contributed by atoms with Crippen molar-refractivity contribution >= 4 is 11.8 Å². The van der Waals surface area contributed by atoms with Crippen LogP contribution in [-0.2, 0) is 9.59 Å². The largest absolute Gasteiger partial charge is 0.396 e. The van der Waals surface area contributed by atoms with Crippen LogP contribution < -0.4 is 10.6 Å². The molecule has 0 aromatic heterocycles. The molecule has 4 N–H and O–H groups in total. The minimum Gasteiger partial charge on any atom is -0.396 e. The highest BCUT2D eigenvalue weighted by atomic mass is 19.1. The van der Waals surface area contributed by atoms with Gasteiger partial charge in [-0.1, -0.05) is 51.4 Å². The smallest absolute Gasteiger partial charge is 0.279 e. The highest BCUT2D eigenvalue weighted by molar-refractivity contribution is 5.93. The number of carbonyl (C=O) groups excluding carboxylic acids is 2. The predicted molar refractivity (Wildman–Crippen MR) is 126 cm³/mol. The number of allylic oxidation sites excluding steroid dienone is 2. The Morgan fingerprint density at radius 1 is 0.636 bits per heavy atom. The summed E-state index contributed by atoms with van der Waals surface area (Å²) in [7, 11) is 0. The van der Waals surface area contributed by atoms with Gasteiger partial charge in [0.25, 0.3) is 11.8 Å². The summed E-state index contributed by atoms with van der Waals surface area (Å²) in [5.41, 5.74) is 0. The van der Waals surface area contributed by atoms with Gasteiger partial charge in [-0.15, -0.1) is 0 Å². The molecule has 0 bridgehead atoms. The van der Waals surface area contributed by atoms with Gasteiger partial charge in [-0.2, -0.15) is 0 Å². The number of nitrogens with one attached hydrogen (secondary N) is 2. The van der Waals surface area contributed by atoms with Gasteiger partial charge < -0.3 is 20.8 Å². The van der Waals surface area contributed by atoms with Gasteiger partial charge in [0.15, 0.2) is 11.7 Å². The van der Waals surface area contributed by atoms with E-state index in [9.17, 15) is 18.4 Å². The molecule has 6 nitrogen and oxygen atoms in total. The zero-order valence-corrected chi connectivity index (χ0v) is 19.8. The van der Waals surface area contributed by atoms with Crippen LogP contribution in [-0.4, -0.2) is 47.3 Å². The normalized spacial score (nSPS) is 18.3. The van der Waals surface area contributed by atoms with Crippen LogP contribution in [0.1, 0.15) is 96.3 Å². The lowest BCUT2D eigenvalue weighted by Gasteiger charge is -2.05. The van der Waals surface area contributed by atoms with E-state index in [4.69, 9.17) is 10.2 Å². The summed E-state index contributed by atoms with van der Waals surface area (Å²) in [5.74, 6) is -3.24. The molecular weight excluding hydrogens is 430 g/mol. The molecule has 190 valence electrons. The summed E-state index contributed by atoms with van der Waals surface area (Å²) in [5, 5.41) is 22.5. The lowest BCUT2D eigenvalue weighted by atomic mass is 10.1. The van der Waals surface area contributed by atoms with Crippen LogP contribution in [0.4, 0.5) is 8.78 Å². The molecule has 0 aliphatic heterocycles. The van der Waals surface area contributed by atoms with Gasteiger partial charge >= 0.3 is 0 Å². The standard InChI is InChI=1S/C25H42F2N2O4/c26-20(15-11-7-3-1-5-9-13-17-30)24(32)28-22-19-23(22)29-25(33)21(27)16-12-8-4-2-6-10-14-18-31/h15-16,22-23,30-31H,1-14,17-19H2,(H,28,32)(H,29,33)/t22-,23+. The molecule has 0 spiro atoms. The quantitative estimate of drug-likeness (QED) is 0.155. The molecule has 1 aliphatic rings. The number of amides is 2. The third-order valence-electron chi connectivity index (χ3n) is 5.73. The molecule has 33 heavy (non-hydrogen) atoms. The van der Waals surface area contributed by atoms with Crippen molar-refractivity contribution in [3.8, 4) is 0 Å². The fraction of sp³-hybridized carbons (Fsp3) is 0.760. The molecule has 2 amide bonds. The van der Waals surface area contributed by atoms with Crippen LogP contribution in [0.15, 0.2) is 23.8 Å². The van der Waals surface area contributed by atoms with Crippen molar-refractivity contribution in [2.24, 2.45) is 0 Å². The average Bonchev–Trinajstić information content (AvgIpc) is 3.53. The molecule has 1 rings (SSSR count). The topological polar surface area (TPSA) is 98.7 Å². The number of aliphatic hydroxyl groups is 2. The third kappa shape index (κ3) is 14.9. The first-order chi connectivity index (χ1) is 16.0. The van der Waals surface area contributed by atoms with E-state index in [1.807, 2.05) is 0 Å². The van der Waals surface area contributed by atoms with E-state index < -0.39 is 23.5 Å². The van der Waals surface area contributed by atoms with Gasteiger partial charge in [-0.3, -0.25) is 9.59 Å². The summed E-state index contributed by atoms with van der Waals surface area (Å²) < 4.78 is 27.8. The molecule has 2 atom stereocenters. The van der Waals surface area contributed by atoms with Gasteiger partial charge in [0, 0.05) is 13.2 Å². The van der Waals surface area contributed by atoms with Gasteiger partial charge in [-0.25, -0.2) is 8.78 Å². The number of halogens is 2. The van der Waals surface area contributed by atoms with Gasteiger partial charge in [0.2, 0.25) is 0 Å². The second-order valence-electron chi connectivity index (χ2n) is 8.77. The molecule has 1 saturated carbocycles. The van der Waals surface area contributed by atoms with E-state index in [1.165, 1.54) is 12.2 Å². The Morgan fingerprint density at radius 3 is 1.33 bits per heavy atom. The van der Waals surface area contributed by atoms with Crippen molar-refractivity contribution in [3.05, 3.63) is 23.8 Å². The van der Waals surface area contributed by atoms with E-state index in [-0.39, 0.29) is 25.3 Å². The van der Waals surface area contributed by atoms with Crippen LogP contribution in [0.25, 0.3) is 0 Å². The summed E-state index contributed by atoms with van der Waals surface area (Å²) in [4.78, 5) is 23.8. The number of rotatable bonds is 20. The van der Waals surface area contributed by atoms with Crippen molar-refractivity contribution in [2.75, 3.05) is 13.2 Å². The molecule has 0 heterocycles. The van der Waals surface area contributed by atoms with Crippen molar-refractivity contribution in [2.45, 2.75) is 108 Å². The van der Waals surface area contributed by atoms with Gasteiger partial charge in [0.05, 0.1) is 12.1 Å². The number of carbonyl (C=O) groups is 2. The molecule has 8 heteroatoms. The zero-order chi connectivity index (χ0) is 24.3. The van der Waals surface area contributed by atoms with Crippen LogP contribution in [0.2, 0.25) is 0 Å². The fourth-order valence-electron chi connectivity index (χ4n) is 3.56. The lowest BCUT2D eigenvalue weighted by molar-refractivity contribution is -0.120. The van der Waals surface area contributed by atoms with Crippen molar-refractivity contribution in [1.29, 1.82) is 0 Å². The second kappa shape index (κ2) is 18.6. The minimum absolute atomic E-state index is 0.216. The van der Waals surface area contributed by atoms with Crippen LogP contribution in [0, 0.1) is 0 Å². The maximum absolute atomic E-state index is 13.9. The zero-order valence-electron chi connectivity index (χ0n) is 19.8. The lowest BCUT2D eigenvalue weighted by Crippen LogP contribution is -2.35. The van der Waals surface area contributed by atoms with Crippen LogP contribution in [0.3, 0.4) is 0 Å². The van der Waals surface area contributed by atoms with Gasteiger partial charge in [-0.05, 0) is 57.1 Å². The number of hydrogen-bond acceptors (Lipinski definition) is 4. The van der Waals surface area contributed by atoms with Crippen molar-refractivity contribution in [3.63, 3.8) is 0 Å². The van der Waals surface area contributed by atoms with Crippen LogP contribution >= 0.6 is 0 Å². The number of unbranched alkanes of at least 4 members (excludes halogenated alkanes) is 12. The Kier molecular flexibility index (Phi) is 16.5. The Bertz CT molecular complexity index is 574. The fourth-order valence-corrected chi connectivity index (χ4v) is 3.56. The highest BCUT2D eigenvalue weighted by Gasteiger charge is 2.40. The maximum Gasteiger partial charge on any atom is 0.279 e. The predicted octanol–water partition coefficient (Wildman–Crippen LogP) is 4.51. The van der Waals surface area contributed by atoms with E-state index in [2.05, 4.69) is 10.6 Å². The van der Waals surface area contributed by atoms with Crippen molar-refractivity contribution in [1.82, 2.24) is 10.6 Å². The molecule has 0 unspecified atom stereocenters. The molecule has 0 saturated heterocycles. The number of aliphatic hydroxyl groups excluding tert-OH is 2. The molecule has 1 aliphatic carbocycles. The minimum atomic E-state index is -0.824. The maximum atomic E-state index is 13.9. The highest BCUT2D eigenvalue weighted by Crippen LogP contribution is 2.22. The Balaban J connectivity index is 2.13. The molecule has 1 fully saturated rings. The molecule has 0 aromatic rings.